The Hall–Kier alpha value is -1.02. The number of hydrogen-bond acceptors (Lipinski definition) is 2. The van der Waals surface area contributed by atoms with Gasteiger partial charge in [0.05, 0.1) is 0 Å². The molecule has 1 atom stereocenters. The Morgan fingerprint density at radius 2 is 1.83 bits per heavy atom. The minimum Gasteiger partial charge on any atom is -0.374 e. The molecule has 0 aliphatic rings. The van der Waals surface area contributed by atoms with Crippen LogP contribution in [0.1, 0.15) is 45.7 Å². The molecule has 0 saturated carbocycles. The predicted molar refractivity (Wildman–Crippen MR) is 81.3 cm³/mol. The molecule has 0 fully saturated rings. The first-order valence-corrected chi connectivity index (χ1v) is 7.13. The van der Waals surface area contributed by atoms with E-state index >= 15 is 0 Å². The van der Waals surface area contributed by atoms with E-state index in [1.54, 1.807) is 0 Å². The van der Waals surface area contributed by atoms with Crippen LogP contribution in [0.4, 0.5) is 5.69 Å². The molecule has 1 unspecified atom stereocenters. The van der Waals surface area contributed by atoms with Crippen molar-refractivity contribution in [2.45, 2.75) is 40.2 Å². The lowest BCUT2D eigenvalue weighted by atomic mass is 10.0. The van der Waals surface area contributed by atoms with Crippen molar-refractivity contribution < 1.29 is 0 Å². The quantitative estimate of drug-likeness (QED) is 0.788. The summed E-state index contributed by atoms with van der Waals surface area (Å²) in [5.41, 5.74) is 2.78. The average molecular weight is 248 g/mol. The Morgan fingerprint density at radius 3 is 2.39 bits per heavy atom. The summed E-state index contributed by atoms with van der Waals surface area (Å²) < 4.78 is 0. The fraction of sp³-hybridized carbons (Fsp3) is 0.625. The van der Waals surface area contributed by atoms with E-state index < -0.39 is 0 Å². The summed E-state index contributed by atoms with van der Waals surface area (Å²) >= 11 is 0. The molecule has 1 N–H and O–H groups in total. The summed E-state index contributed by atoms with van der Waals surface area (Å²) in [5.74, 6) is 0.683. The maximum absolute atomic E-state index is 3.57. The molecule has 2 nitrogen and oxygen atoms in total. The smallest absolute Gasteiger partial charge is 0.0412 e. The van der Waals surface area contributed by atoms with Crippen molar-refractivity contribution in [2.24, 2.45) is 5.92 Å². The van der Waals surface area contributed by atoms with E-state index in [0.717, 1.165) is 19.5 Å². The second-order valence-electron chi connectivity index (χ2n) is 5.35. The van der Waals surface area contributed by atoms with Gasteiger partial charge >= 0.3 is 0 Å². The van der Waals surface area contributed by atoms with Crippen LogP contribution in [0.25, 0.3) is 0 Å². The monoisotopic (exact) mass is 248 g/mol. The minimum absolute atomic E-state index is 0.459. The molecule has 0 bridgehead atoms. The highest BCUT2D eigenvalue weighted by Gasteiger charge is 2.14. The highest BCUT2D eigenvalue weighted by molar-refractivity contribution is 5.54. The number of para-hydroxylation sites is 1. The van der Waals surface area contributed by atoms with Gasteiger partial charge in [0.2, 0.25) is 0 Å². The van der Waals surface area contributed by atoms with Crippen LogP contribution in [-0.2, 0) is 0 Å². The van der Waals surface area contributed by atoms with Crippen molar-refractivity contribution in [2.75, 3.05) is 25.0 Å². The fourth-order valence-electron chi connectivity index (χ4n) is 2.50. The number of anilines is 1. The first kappa shape index (κ1) is 15.0. The van der Waals surface area contributed by atoms with Gasteiger partial charge in [-0.3, -0.25) is 0 Å². The van der Waals surface area contributed by atoms with Crippen LogP contribution < -0.4 is 10.2 Å². The third kappa shape index (κ3) is 4.02. The van der Waals surface area contributed by atoms with Crippen LogP contribution in [0.3, 0.4) is 0 Å². The zero-order chi connectivity index (χ0) is 13.5. The van der Waals surface area contributed by atoms with Gasteiger partial charge in [-0.05, 0) is 30.5 Å². The molecule has 0 aliphatic carbocycles. The molecular formula is C16H28N2. The Labute approximate surface area is 112 Å². The van der Waals surface area contributed by atoms with Gasteiger partial charge in [-0.25, -0.2) is 0 Å². The maximum atomic E-state index is 3.57. The minimum atomic E-state index is 0.459. The largest absolute Gasteiger partial charge is 0.374 e. The summed E-state index contributed by atoms with van der Waals surface area (Å²) in [6, 6.07) is 9.22. The Bertz CT molecular complexity index is 347. The van der Waals surface area contributed by atoms with E-state index in [1.807, 2.05) is 0 Å². The maximum Gasteiger partial charge on any atom is 0.0412 e. The van der Waals surface area contributed by atoms with E-state index in [2.05, 4.69) is 69.2 Å². The zero-order valence-corrected chi connectivity index (χ0v) is 12.5. The van der Waals surface area contributed by atoms with Gasteiger partial charge < -0.3 is 10.2 Å². The van der Waals surface area contributed by atoms with Gasteiger partial charge in [0, 0.05) is 25.3 Å². The predicted octanol–water partition coefficient (Wildman–Crippen LogP) is 3.84. The van der Waals surface area contributed by atoms with Gasteiger partial charge in [-0.15, -0.1) is 0 Å². The number of hydrogen-bond donors (Lipinski definition) is 1. The summed E-state index contributed by atoms with van der Waals surface area (Å²) in [6.07, 6.45) is 1.13. The van der Waals surface area contributed by atoms with Crippen molar-refractivity contribution in [3.8, 4) is 0 Å². The molecule has 0 aliphatic heterocycles. The van der Waals surface area contributed by atoms with E-state index in [9.17, 15) is 0 Å². The van der Waals surface area contributed by atoms with Crippen molar-refractivity contribution in [3.05, 3.63) is 29.8 Å². The number of nitrogens with zero attached hydrogens (tertiary/aromatic N) is 1. The third-order valence-electron chi connectivity index (χ3n) is 3.22. The third-order valence-corrected chi connectivity index (χ3v) is 3.22. The molecule has 0 amide bonds. The fourth-order valence-corrected chi connectivity index (χ4v) is 2.50. The van der Waals surface area contributed by atoms with Gasteiger partial charge in [-0.2, -0.15) is 0 Å². The van der Waals surface area contributed by atoms with E-state index in [-0.39, 0.29) is 0 Å². The van der Waals surface area contributed by atoms with E-state index in [4.69, 9.17) is 0 Å². The standard InChI is InChI=1S/C16H28N2/c1-6-15(17-7-2)14-10-8-9-11-16(14)18(5)12-13(3)4/h8-11,13,15,17H,6-7,12H2,1-5H3. The van der Waals surface area contributed by atoms with Crippen LogP contribution in [0.15, 0.2) is 24.3 Å². The zero-order valence-electron chi connectivity index (χ0n) is 12.5. The van der Waals surface area contributed by atoms with Crippen molar-refractivity contribution in [3.63, 3.8) is 0 Å². The Kier molecular flexibility index (Phi) is 6.20. The molecule has 0 heterocycles. The van der Waals surface area contributed by atoms with Crippen molar-refractivity contribution >= 4 is 5.69 Å². The lowest BCUT2D eigenvalue weighted by Crippen LogP contribution is -2.27. The van der Waals surface area contributed by atoms with Crippen molar-refractivity contribution in [1.82, 2.24) is 5.32 Å². The Balaban J connectivity index is 2.97. The van der Waals surface area contributed by atoms with Crippen molar-refractivity contribution in [1.29, 1.82) is 0 Å². The SMILES string of the molecule is CCNC(CC)c1ccccc1N(C)CC(C)C. The summed E-state index contributed by atoms with van der Waals surface area (Å²) in [5, 5.41) is 3.57. The molecule has 1 aromatic rings. The molecule has 0 radical (unpaired) electrons. The molecule has 1 rings (SSSR count). The highest BCUT2D eigenvalue weighted by atomic mass is 15.1. The summed E-state index contributed by atoms with van der Waals surface area (Å²) in [4.78, 5) is 2.38. The topological polar surface area (TPSA) is 15.3 Å². The van der Waals surface area contributed by atoms with Gasteiger partial charge in [-0.1, -0.05) is 45.9 Å². The van der Waals surface area contributed by atoms with Gasteiger partial charge in [0.15, 0.2) is 0 Å². The normalized spacial score (nSPS) is 12.8. The molecule has 18 heavy (non-hydrogen) atoms. The van der Waals surface area contributed by atoms with E-state index in [1.165, 1.54) is 11.3 Å². The highest BCUT2D eigenvalue weighted by Crippen LogP contribution is 2.27. The van der Waals surface area contributed by atoms with Crippen LogP contribution >= 0.6 is 0 Å². The molecular weight excluding hydrogens is 220 g/mol. The Morgan fingerprint density at radius 1 is 1.17 bits per heavy atom. The van der Waals surface area contributed by atoms with Crippen LogP contribution in [0.2, 0.25) is 0 Å². The molecule has 2 heteroatoms. The average Bonchev–Trinajstić information content (AvgIpc) is 2.35. The van der Waals surface area contributed by atoms with Crippen LogP contribution in [0, 0.1) is 5.92 Å². The lowest BCUT2D eigenvalue weighted by Gasteiger charge is -2.27. The van der Waals surface area contributed by atoms with Gasteiger partial charge in [0.25, 0.3) is 0 Å². The van der Waals surface area contributed by atoms with E-state index in [0.29, 0.717) is 12.0 Å². The van der Waals surface area contributed by atoms with Crippen LogP contribution in [-0.4, -0.2) is 20.1 Å². The molecule has 0 aromatic heterocycles. The lowest BCUT2D eigenvalue weighted by molar-refractivity contribution is 0.535. The van der Waals surface area contributed by atoms with Gasteiger partial charge in [0.1, 0.15) is 0 Å². The summed E-state index contributed by atoms with van der Waals surface area (Å²) in [7, 11) is 2.19. The molecule has 0 saturated heterocycles. The second kappa shape index (κ2) is 7.42. The number of benzene rings is 1. The summed E-state index contributed by atoms with van der Waals surface area (Å²) in [6.45, 7) is 11.1. The molecule has 102 valence electrons. The first-order valence-electron chi connectivity index (χ1n) is 7.13. The first-order chi connectivity index (χ1) is 8.60. The molecule has 1 aromatic carbocycles. The number of nitrogens with one attached hydrogen (secondary N) is 1. The number of rotatable bonds is 7. The van der Waals surface area contributed by atoms with Crippen LogP contribution in [0.5, 0.6) is 0 Å². The molecule has 0 spiro atoms. The second-order valence-corrected chi connectivity index (χ2v) is 5.35.